The molecule has 1 aliphatic rings. The Bertz CT molecular complexity index is 361. The highest BCUT2D eigenvalue weighted by Gasteiger charge is 2.36. The van der Waals surface area contributed by atoms with Crippen molar-refractivity contribution in [3.05, 3.63) is 34.1 Å². The highest BCUT2D eigenvalue weighted by molar-refractivity contribution is 9.10. The van der Waals surface area contributed by atoms with Gasteiger partial charge in [-0.25, -0.2) is 4.39 Å². The van der Waals surface area contributed by atoms with Crippen LogP contribution in [-0.2, 0) is 6.54 Å². The van der Waals surface area contributed by atoms with E-state index in [-0.39, 0.29) is 5.82 Å². The highest BCUT2D eigenvalue weighted by Crippen LogP contribution is 2.44. The van der Waals surface area contributed by atoms with E-state index in [1.165, 1.54) is 25.0 Å². The third-order valence-electron chi connectivity index (χ3n) is 2.99. The van der Waals surface area contributed by atoms with Gasteiger partial charge in [0.05, 0.1) is 0 Å². The van der Waals surface area contributed by atoms with Gasteiger partial charge in [-0.15, -0.1) is 0 Å². The summed E-state index contributed by atoms with van der Waals surface area (Å²) in [5, 5.41) is 3.41. The molecule has 0 aromatic heterocycles. The summed E-state index contributed by atoms with van der Waals surface area (Å²) in [6.45, 7) is 4.15. The van der Waals surface area contributed by atoms with Gasteiger partial charge in [0.2, 0.25) is 0 Å². The van der Waals surface area contributed by atoms with Gasteiger partial charge < -0.3 is 5.32 Å². The van der Waals surface area contributed by atoms with E-state index in [9.17, 15) is 4.39 Å². The van der Waals surface area contributed by atoms with Gasteiger partial charge in [-0.3, -0.25) is 0 Å². The fourth-order valence-electron chi connectivity index (χ4n) is 1.55. The van der Waals surface area contributed by atoms with Crippen LogP contribution in [0.15, 0.2) is 22.7 Å². The predicted molar refractivity (Wildman–Crippen MR) is 63.1 cm³/mol. The lowest BCUT2D eigenvalue weighted by Gasteiger charge is -2.10. The largest absolute Gasteiger partial charge is 0.312 e. The van der Waals surface area contributed by atoms with E-state index in [0.29, 0.717) is 5.41 Å². The Balaban J connectivity index is 1.87. The third-order valence-corrected chi connectivity index (χ3v) is 3.72. The van der Waals surface area contributed by atoms with Crippen molar-refractivity contribution in [3.8, 4) is 0 Å². The molecule has 0 spiro atoms. The summed E-state index contributed by atoms with van der Waals surface area (Å²) in [5.74, 6) is -0.195. The molecule has 2 rings (SSSR count). The molecule has 0 unspecified atom stereocenters. The SMILES string of the molecule is CC1(CNCc2ccc(F)cc2Br)CC1. The van der Waals surface area contributed by atoms with Crippen LogP contribution in [0.4, 0.5) is 4.39 Å². The molecular weight excluding hydrogens is 257 g/mol. The van der Waals surface area contributed by atoms with E-state index in [0.717, 1.165) is 23.1 Å². The molecule has 0 radical (unpaired) electrons. The van der Waals surface area contributed by atoms with E-state index < -0.39 is 0 Å². The molecule has 1 aliphatic carbocycles. The Morgan fingerprint density at radius 2 is 2.20 bits per heavy atom. The lowest BCUT2D eigenvalue weighted by Crippen LogP contribution is -2.21. The molecule has 1 N–H and O–H groups in total. The maximum absolute atomic E-state index is 12.8. The minimum absolute atomic E-state index is 0.195. The molecule has 0 atom stereocenters. The van der Waals surface area contributed by atoms with Crippen LogP contribution in [0, 0.1) is 11.2 Å². The van der Waals surface area contributed by atoms with Crippen LogP contribution < -0.4 is 5.32 Å². The Morgan fingerprint density at radius 3 is 2.80 bits per heavy atom. The van der Waals surface area contributed by atoms with Gasteiger partial charge in [0.1, 0.15) is 5.82 Å². The van der Waals surface area contributed by atoms with Crippen molar-refractivity contribution in [3.63, 3.8) is 0 Å². The maximum Gasteiger partial charge on any atom is 0.124 e. The summed E-state index contributed by atoms with van der Waals surface area (Å²) in [5.41, 5.74) is 1.63. The number of benzene rings is 1. The Labute approximate surface area is 98.2 Å². The summed E-state index contributed by atoms with van der Waals surface area (Å²) in [7, 11) is 0. The van der Waals surface area contributed by atoms with Crippen LogP contribution in [0.2, 0.25) is 0 Å². The van der Waals surface area contributed by atoms with E-state index in [1.807, 2.05) is 6.07 Å². The first-order valence-corrected chi connectivity index (χ1v) is 6.03. The standard InChI is InChI=1S/C12H15BrFN/c1-12(4-5-12)8-15-7-9-2-3-10(14)6-11(9)13/h2-3,6,15H,4-5,7-8H2,1H3. The predicted octanol–water partition coefficient (Wildman–Crippen LogP) is 3.48. The van der Waals surface area contributed by atoms with Crippen molar-refractivity contribution in [1.29, 1.82) is 0 Å². The fraction of sp³-hybridized carbons (Fsp3) is 0.500. The first-order valence-electron chi connectivity index (χ1n) is 5.24. The normalized spacial score (nSPS) is 17.8. The zero-order chi connectivity index (χ0) is 10.9. The molecule has 3 heteroatoms. The van der Waals surface area contributed by atoms with Crippen LogP contribution in [0.1, 0.15) is 25.3 Å². The highest BCUT2D eigenvalue weighted by atomic mass is 79.9. The van der Waals surface area contributed by atoms with Crippen LogP contribution in [0.25, 0.3) is 0 Å². The molecule has 0 saturated heterocycles. The molecule has 1 aromatic rings. The molecule has 0 amide bonds. The second-order valence-electron chi connectivity index (χ2n) is 4.65. The molecule has 82 valence electrons. The van der Waals surface area contributed by atoms with Crippen molar-refractivity contribution < 1.29 is 4.39 Å². The molecule has 1 saturated carbocycles. The van der Waals surface area contributed by atoms with Crippen LogP contribution in [0.5, 0.6) is 0 Å². The summed E-state index contributed by atoms with van der Waals surface area (Å²) < 4.78 is 13.7. The average Bonchev–Trinajstić information content (AvgIpc) is 2.88. The Hall–Kier alpha value is -0.410. The van der Waals surface area contributed by atoms with E-state index in [4.69, 9.17) is 0 Å². The van der Waals surface area contributed by atoms with Crippen molar-refractivity contribution >= 4 is 15.9 Å². The number of hydrogen-bond donors (Lipinski definition) is 1. The van der Waals surface area contributed by atoms with Gasteiger partial charge in [-0.1, -0.05) is 28.9 Å². The number of halogens is 2. The lowest BCUT2D eigenvalue weighted by atomic mass is 10.1. The van der Waals surface area contributed by atoms with Gasteiger partial charge >= 0.3 is 0 Å². The topological polar surface area (TPSA) is 12.0 Å². The number of hydrogen-bond acceptors (Lipinski definition) is 1. The smallest absolute Gasteiger partial charge is 0.124 e. The Kier molecular flexibility index (Phi) is 3.12. The second-order valence-corrected chi connectivity index (χ2v) is 5.50. The zero-order valence-corrected chi connectivity index (χ0v) is 10.4. The second kappa shape index (κ2) is 4.22. The lowest BCUT2D eigenvalue weighted by molar-refractivity contribution is 0.499. The van der Waals surface area contributed by atoms with Gasteiger partial charge in [-0.05, 0) is 36.0 Å². The fourth-order valence-corrected chi connectivity index (χ4v) is 2.05. The molecular formula is C12H15BrFN. The Morgan fingerprint density at radius 1 is 1.47 bits per heavy atom. The van der Waals surface area contributed by atoms with Gasteiger partial charge in [0.25, 0.3) is 0 Å². The van der Waals surface area contributed by atoms with Crippen LogP contribution >= 0.6 is 15.9 Å². The van der Waals surface area contributed by atoms with E-state index in [1.54, 1.807) is 0 Å². The first kappa shape index (κ1) is 11.1. The number of rotatable bonds is 4. The van der Waals surface area contributed by atoms with Crippen molar-refractivity contribution in [2.24, 2.45) is 5.41 Å². The minimum Gasteiger partial charge on any atom is -0.312 e. The van der Waals surface area contributed by atoms with Gasteiger partial charge in [0, 0.05) is 17.6 Å². The van der Waals surface area contributed by atoms with Crippen molar-refractivity contribution in [2.45, 2.75) is 26.3 Å². The first-order chi connectivity index (χ1) is 7.09. The summed E-state index contributed by atoms with van der Waals surface area (Å²) in [4.78, 5) is 0. The molecule has 1 aromatic carbocycles. The van der Waals surface area contributed by atoms with E-state index >= 15 is 0 Å². The maximum atomic E-state index is 12.8. The van der Waals surface area contributed by atoms with Crippen LogP contribution in [-0.4, -0.2) is 6.54 Å². The molecule has 0 aliphatic heterocycles. The summed E-state index contributed by atoms with van der Waals surface area (Å²) >= 11 is 3.36. The third kappa shape index (κ3) is 3.02. The van der Waals surface area contributed by atoms with Crippen molar-refractivity contribution in [1.82, 2.24) is 5.32 Å². The number of nitrogens with one attached hydrogen (secondary N) is 1. The monoisotopic (exact) mass is 271 g/mol. The van der Waals surface area contributed by atoms with E-state index in [2.05, 4.69) is 28.2 Å². The molecule has 15 heavy (non-hydrogen) atoms. The quantitative estimate of drug-likeness (QED) is 0.884. The van der Waals surface area contributed by atoms with Crippen LogP contribution in [0.3, 0.4) is 0 Å². The minimum atomic E-state index is -0.195. The summed E-state index contributed by atoms with van der Waals surface area (Å²) in [6, 6.07) is 4.83. The van der Waals surface area contributed by atoms with Gasteiger partial charge in [-0.2, -0.15) is 0 Å². The van der Waals surface area contributed by atoms with Crippen molar-refractivity contribution in [2.75, 3.05) is 6.54 Å². The molecule has 0 bridgehead atoms. The summed E-state index contributed by atoms with van der Waals surface area (Å²) in [6.07, 6.45) is 2.65. The molecule has 0 heterocycles. The molecule has 1 fully saturated rings. The average molecular weight is 272 g/mol. The van der Waals surface area contributed by atoms with Gasteiger partial charge in [0.15, 0.2) is 0 Å². The zero-order valence-electron chi connectivity index (χ0n) is 8.82. The molecule has 1 nitrogen and oxygen atoms in total.